The van der Waals surface area contributed by atoms with Gasteiger partial charge in [0.15, 0.2) is 0 Å². The molecule has 0 radical (unpaired) electrons. The highest BCUT2D eigenvalue weighted by molar-refractivity contribution is 5.99. The van der Waals surface area contributed by atoms with E-state index in [4.69, 9.17) is 9.84 Å². The van der Waals surface area contributed by atoms with Gasteiger partial charge in [0, 0.05) is 0 Å². The Morgan fingerprint density at radius 2 is 2.06 bits per heavy atom. The molecule has 0 spiro atoms. The number of methoxy groups -OCH3 is 1. The van der Waals surface area contributed by atoms with Crippen LogP contribution in [0.2, 0.25) is 0 Å². The second-order valence-corrected chi connectivity index (χ2v) is 3.42. The molecule has 0 aliphatic heterocycles. The Bertz CT molecular complexity index is 443. The lowest BCUT2D eigenvalue weighted by molar-refractivity contribution is -0.138. The summed E-state index contributed by atoms with van der Waals surface area (Å²) in [5.74, 6) is -1.66. The average Bonchev–Trinajstić information content (AvgIpc) is 2.29. The first-order valence-corrected chi connectivity index (χ1v) is 4.86. The number of amides is 1. The third-order valence-electron chi connectivity index (χ3n) is 2.17. The van der Waals surface area contributed by atoms with Gasteiger partial charge in [-0.3, -0.25) is 9.59 Å². The van der Waals surface area contributed by atoms with Gasteiger partial charge in [0.25, 0.3) is 5.91 Å². The monoisotopic (exact) mass is 239 g/mol. The smallest absolute Gasteiger partial charge is 0.325 e. The van der Waals surface area contributed by atoms with Crippen LogP contribution in [0.15, 0.2) is 18.2 Å². The van der Waals surface area contributed by atoms with Crippen LogP contribution in [0.5, 0.6) is 11.5 Å². The molecule has 1 atom stereocenters. The number of hydrogen-bond acceptors (Lipinski definition) is 4. The van der Waals surface area contributed by atoms with E-state index in [1.165, 1.54) is 32.2 Å². The number of rotatable bonds is 4. The number of ether oxygens (including phenoxy) is 1. The molecule has 1 aromatic rings. The van der Waals surface area contributed by atoms with Crippen molar-refractivity contribution < 1.29 is 24.5 Å². The van der Waals surface area contributed by atoms with Crippen LogP contribution in [0, 0.1) is 0 Å². The summed E-state index contributed by atoms with van der Waals surface area (Å²) < 4.78 is 4.91. The van der Waals surface area contributed by atoms with Gasteiger partial charge in [-0.05, 0) is 25.1 Å². The molecule has 1 aromatic carbocycles. The Morgan fingerprint density at radius 1 is 1.41 bits per heavy atom. The number of hydrogen-bond donors (Lipinski definition) is 3. The molecular weight excluding hydrogens is 226 g/mol. The molecule has 6 nitrogen and oxygen atoms in total. The largest absolute Gasteiger partial charge is 0.507 e. The van der Waals surface area contributed by atoms with E-state index in [9.17, 15) is 14.7 Å². The van der Waals surface area contributed by atoms with Crippen LogP contribution in [0.4, 0.5) is 0 Å². The Labute approximate surface area is 97.8 Å². The van der Waals surface area contributed by atoms with Crippen LogP contribution in [-0.4, -0.2) is 35.2 Å². The van der Waals surface area contributed by atoms with Gasteiger partial charge in [0.1, 0.15) is 17.5 Å². The summed E-state index contributed by atoms with van der Waals surface area (Å²) in [5, 5.41) is 20.4. The number of carbonyl (C=O) groups excluding carboxylic acids is 1. The standard InChI is InChI=1S/C11H13NO5/c1-6(11(15)16)12-10(14)8-5-7(17-2)3-4-9(8)13/h3-6,13H,1-2H3,(H,12,14)(H,15,16)/t6-/m0/s1. The summed E-state index contributed by atoms with van der Waals surface area (Å²) >= 11 is 0. The first-order chi connectivity index (χ1) is 7.95. The first kappa shape index (κ1) is 12.8. The summed E-state index contributed by atoms with van der Waals surface area (Å²) in [6, 6.07) is 3.10. The van der Waals surface area contributed by atoms with Crippen molar-refractivity contribution in [1.82, 2.24) is 5.32 Å². The van der Waals surface area contributed by atoms with E-state index in [2.05, 4.69) is 5.32 Å². The van der Waals surface area contributed by atoms with Crippen molar-refractivity contribution in [3.63, 3.8) is 0 Å². The SMILES string of the molecule is COc1ccc(O)c(C(=O)N[C@@H](C)C(=O)O)c1. The second-order valence-electron chi connectivity index (χ2n) is 3.42. The molecule has 1 amide bonds. The molecule has 0 heterocycles. The van der Waals surface area contributed by atoms with Crippen LogP contribution in [0.25, 0.3) is 0 Å². The van der Waals surface area contributed by atoms with Crippen LogP contribution in [0.1, 0.15) is 17.3 Å². The van der Waals surface area contributed by atoms with E-state index in [-0.39, 0.29) is 11.3 Å². The van der Waals surface area contributed by atoms with Crippen molar-refractivity contribution in [3.05, 3.63) is 23.8 Å². The van der Waals surface area contributed by atoms with Gasteiger partial charge in [0.05, 0.1) is 12.7 Å². The Morgan fingerprint density at radius 3 is 2.59 bits per heavy atom. The second kappa shape index (κ2) is 5.20. The summed E-state index contributed by atoms with van der Waals surface area (Å²) in [6.07, 6.45) is 0. The van der Waals surface area contributed by atoms with Crippen molar-refractivity contribution in [2.24, 2.45) is 0 Å². The number of aliphatic carboxylic acids is 1. The maximum atomic E-state index is 11.7. The van der Waals surface area contributed by atoms with Crippen LogP contribution >= 0.6 is 0 Å². The fourth-order valence-electron chi connectivity index (χ4n) is 1.16. The molecule has 0 bridgehead atoms. The molecule has 0 fully saturated rings. The predicted octanol–water partition coefficient (Wildman–Crippen LogP) is 0.604. The highest BCUT2D eigenvalue weighted by Gasteiger charge is 2.18. The lowest BCUT2D eigenvalue weighted by atomic mass is 10.1. The Kier molecular flexibility index (Phi) is 3.92. The molecule has 0 aliphatic carbocycles. The molecule has 6 heteroatoms. The van der Waals surface area contributed by atoms with E-state index >= 15 is 0 Å². The maximum absolute atomic E-state index is 11.7. The first-order valence-electron chi connectivity index (χ1n) is 4.86. The Hall–Kier alpha value is -2.24. The average molecular weight is 239 g/mol. The molecule has 0 saturated carbocycles. The zero-order chi connectivity index (χ0) is 13.0. The summed E-state index contributed by atoms with van der Waals surface area (Å²) in [6.45, 7) is 1.33. The van der Waals surface area contributed by atoms with Crippen LogP contribution in [-0.2, 0) is 4.79 Å². The normalized spacial score (nSPS) is 11.6. The molecule has 0 aromatic heterocycles. The van der Waals surface area contributed by atoms with Crippen molar-refractivity contribution >= 4 is 11.9 Å². The zero-order valence-corrected chi connectivity index (χ0v) is 9.43. The van der Waals surface area contributed by atoms with Gasteiger partial charge in [-0.15, -0.1) is 0 Å². The minimum Gasteiger partial charge on any atom is -0.507 e. The number of carboxylic acids is 1. The number of phenolic OH excluding ortho intramolecular Hbond substituents is 1. The van der Waals surface area contributed by atoms with E-state index in [0.717, 1.165) is 0 Å². The summed E-state index contributed by atoms with van der Waals surface area (Å²) in [7, 11) is 1.42. The minimum absolute atomic E-state index is 0.0301. The number of phenols is 1. The van der Waals surface area contributed by atoms with Gasteiger partial charge in [-0.2, -0.15) is 0 Å². The number of aromatic hydroxyl groups is 1. The van der Waals surface area contributed by atoms with E-state index < -0.39 is 17.9 Å². The molecule has 0 aliphatic rings. The number of carbonyl (C=O) groups is 2. The van der Waals surface area contributed by atoms with Crippen molar-refractivity contribution in [3.8, 4) is 11.5 Å². The van der Waals surface area contributed by atoms with Gasteiger partial charge in [-0.1, -0.05) is 0 Å². The van der Waals surface area contributed by atoms with Crippen LogP contribution in [0.3, 0.4) is 0 Å². The highest BCUT2D eigenvalue weighted by atomic mass is 16.5. The van der Waals surface area contributed by atoms with Crippen molar-refractivity contribution in [2.45, 2.75) is 13.0 Å². The maximum Gasteiger partial charge on any atom is 0.325 e. The minimum atomic E-state index is -1.15. The van der Waals surface area contributed by atoms with E-state index in [0.29, 0.717) is 5.75 Å². The number of nitrogens with one attached hydrogen (secondary N) is 1. The molecule has 0 saturated heterocycles. The number of benzene rings is 1. The third-order valence-corrected chi connectivity index (χ3v) is 2.17. The molecule has 1 rings (SSSR count). The molecule has 0 unspecified atom stereocenters. The van der Waals surface area contributed by atoms with Gasteiger partial charge < -0.3 is 20.3 Å². The fraction of sp³-hybridized carbons (Fsp3) is 0.273. The quantitative estimate of drug-likeness (QED) is 0.715. The summed E-state index contributed by atoms with van der Waals surface area (Å²) in [4.78, 5) is 22.2. The summed E-state index contributed by atoms with van der Waals surface area (Å²) in [5.41, 5.74) is -0.0301. The van der Waals surface area contributed by atoms with Gasteiger partial charge >= 0.3 is 5.97 Å². The van der Waals surface area contributed by atoms with Gasteiger partial charge in [-0.25, -0.2) is 0 Å². The predicted molar refractivity (Wildman–Crippen MR) is 59.2 cm³/mol. The molecular formula is C11H13NO5. The van der Waals surface area contributed by atoms with Gasteiger partial charge in [0.2, 0.25) is 0 Å². The molecule has 17 heavy (non-hydrogen) atoms. The Balaban J connectivity index is 2.91. The zero-order valence-electron chi connectivity index (χ0n) is 9.43. The van der Waals surface area contributed by atoms with E-state index in [1.807, 2.05) is 0 Å². The van der Waals surface area contributed by atoms with E-state index in [1.54, 1.807) is 0 Å². The molecule has 92 valence electrons. The lowest BCUT2D eigenvalue weighted by Crippen LogP contribution is -2.38. The molecule has 3 N–H and O–H groups in total. The van der Waals surface area contributed by atoms with Crippen LogP contribution < -0.4 is 10.1 Å². The van der Waals surface area contributed by atoms with Crippen molar-refractivity contribution in [1.29, 1.82) is 0 Å². The lowest BCUT2D eigenvalue weighted by Gasteiger charge is -2.11. The van der Waals surface area contributed by atoms with Crippen molar-refractivity contribution in [2.75, 3.05) is 7.11 Å². The topological polar surface area (TPSA) is 95.9 Å². The number of carboxylic acid groups (broad SMARTS) is 1. The third kappa shape index (κ3) is 3.10. The fourth-order valence-corrected chi connectivity index (χ4v) is 1.16. The highest BCUT2D eigenvalue weighted by Crippen LogP contribution is 2.22.